The zero-order chi connectivity index (χ0) is 13.8. The van der Waals surface area contributed by atoms with Crippen molar-refractivity contribution in [3.63, 3.8) is 0 Å². The molecule has 0 aromatic heterocycles. The van der Waals surface area contributed by atoms with Crippen molar-refractivity contribution < 1.29 is 23.0 Å². The smallest absolute Gasteiger partial charge is 0.458 e. The van der Waals surface area contributed by atoms with Crippen LogP contribution in [0.4, 0.5) is 13.2 Å². The van der Waals surface area contributed by atoms with E-state index in [1.54, 1.807) is 22.6 Å². The van der Waals surface area contributed by atoms with Crippen LogP contribution >= 0.6 is 22.6 Å². The molecule has 0 unspecified atom stereocenters. The molecule has 6 heteroatoms. The topological polar surface area (TPSA) is 29.5 Å². The summed E-state index contributed by atoms with van der Waals surface area (Å²) in [5, 5.41) is 9.54. The zero-order valence-electron chi connectivity index (χ0n) is 9.02. The normalized spacial score (nSPS) is 9.83. The Hall–Kier alpha value is -1.54. The molecular weight excluding hydrogens is 360 g/mol. The first kappa shape index (κ1) is 14.5. The highest BCUT2D eigenvalue weighted by Crippen LogP contribution is 2.27. The molecule has 0 radical (unpaired) electrons. The van der Waals surface area contributed by atoms with Gasteiger partial charge in [0.1, 0.15) is 11.5 Å². The first-order chi connectivity index (χ1) is 8.37. The Morgan fingerprint density at radius 3 is 2.39 bits per heavy atom. The molecule has 0 saturated heterocycles. The van der Waals surface area contributed by atoms with Gasteiger partial charge in [0.15, 0.2) is 0 Å². The summed E-state index contributed by atoms with van der Waals surface area (Å²) in [6, 6.07) is 2.43. The lowest BCUT2D eigenvalue weighted by atomic mass is 10.1. The summed E-state index contributed by atoms with van der Waals surface area (Å²) in [6.07, 6.45) is -4.61. The number of aromatic hydroxyl groups is 1. The number of methoxy groups -OCH3 is 1. The number of hydrogen-bond acceptors (Lipinski definition) is 2. The first-order valence-corrected chi connectivity index (χ1v) is 5.58. The van der Waals surface area contributed by atoms with E-state index in [-0.39, 0.29) is 17.1 Å². The van der Waals surface area contributed by atoms with E-state index in [0.717, 1.165) is 5.92 Å². The molecule has 0 atom stereocenters. The van der Waals surface area contributed by atoms with Crippen molar-refractivity contribution in [2.75, 3.05) is 7.11 Å². The average molecular weight is 366 g/mol. The minimum absolute atomic E-state index is 0.164. The molecule has 1 rings (SSSR count). The van der Waals surface area contributed by atoms with E-state index >= 15 is 0 Å². The average Bonchev–Trinajstić information content (AvgIpc) is 2.27. The Balaban J connectivity index is 3.29. The van der Waals surface area contributed by atoms with Gasteiger partial charge in [-0.1, -0.05) is 11.8 Å². The van der Waals surface area contributed by atoms with Gasteiger partial charge in [0.25, 0.3) is 0 Å². The van der Waals surface area contributed by atoms with Crippen LogP contribution < -0.4 is 4.74 Å². The Morgan fingerprint density at radius 1 is 1.22 bits per heavy atom. The van der Waals surface area contributed by atoms with Crippen LogP contribution in [0.2, 0.25) is 0 Å². The molecule has 0 amide bonds. The van der Waals surface area contributed by atoms with Crippen molar-refractivity contribution in [2.24, 2.45) is 0 Å². The highest BCUT2D eigenvalue weighted by molar-refractivity contribution is 14.1. The van der Waals surface area contributed by atoms with Gasteiger partial charge in [0.05, 0.1) is 18.2 Å². The van der Waals surface area contributed by atoms with E-state index in [1.807, 2.05) is 5.92 Å². The molecule has 18 heavy (non-hydrogen) atoms. The minimum atomic E-state index is -4.61. The van der Waals surface area contributed by atoms with Crippen LogP contribution in [0, 0.1) is 21.7 Å². The lowest BCUT2D eigenvalue weighted by Gasteiger charge is -2.05. The SMILES string of the molecule is COc1cc(C#CC(F)(F)F)c(O)cc1C#CI. The van der Waals surface area contributed by atoms with Gasteiger partial charge >= 0.3 is 6.18 Å². The first-order valence-electron chi connectivity index (χ1n) is 4.50. The molecule has 0 bridgehead atoms. The molecule has 0 fully saturated rings. The van der Waals surface area contributed by atoms with Gasteiger partial charge in [-0.15, -0.1) is 0 Å². The van der Waals surface area contributed by atoms with Gasteiger partial charge in [0, 0.05) is 40.6 Å². The maximum absolute atomic E-state index is 11.9. The summed E-state index contributed by atoms with van der Waals surface area (Å²) in [4.78, 5) is 0. The number of halogens is 4. The molecule has 1 aromatic carbocycles. The third-order valence-corrected chi connectivity index (χ3v) is 2.11. The minimum Gasteiger partial charge on any atom is -0.507 e. The second-order valence-corrected chi connectivity index (χ2v) is 3.58. The number of hydrogen-bond donors (Lipinski definition) is 1. The van der Waals surface area contributed by atoms with Gasteiger partial charge in [-0.3, -0.25) is 0 Å². The molecular formula is C12H6F3IO2. The van der Waals surface area contributed by atoms with E-state index < -0.39 is 6.18 Å². The summed E-state index contributed by atoms with van der Waals surface area (Å²) in [6.45, 7) is 0. The van der Waals surface area contributed by atoms with Crippen molar-refractivity contribution >= 4 is 22.6 Å². The van der Waals surface area contributed by atoms with Crippen molar-refractivity contribution in [1.29, 1.82) is 0 Å². The third-order valence-electron chi connectivity index (χ3n) is 1.84. The summed E-state index contributed by atoms with van der Waals surface area (Å²) in [5.41, 5.74) is 0.213. The van der Waals surface area contributed by atoms with Crippen molar-refractivity contribution in [3.8, 4) is 33.2 Å². The van der Waals surface area contributed by atoms with E-state index in [0.29, 0.717) is 5.56 Å². The van der Waals surface area contributed by atoms with Crippen LogP contribution in [0.3, 0.4) is 0 Å². The predicted octanol–water partition coefficient (Wildman–Crippen LogP) is 3.06. The molecule has 0 spiro atoms. The molecule has 0 saturated carbocycles. The highest BCUT2D eigenvalue weighted by Gasteiger charge is 2.23. The fourth-order valence-electron chi connectivity index (χ4n) is 1.12. The molecule has 0 aliphatic rings. The van der Waals surface area contributed by atoms with Crippen LogP contribution in [0.5, 0.6) is 11.5 Å². The monoisotopic (exact) mass is 366 g/mol. The molecule has 1 aromatic rings. The molecule has 0 aliphatic heterocycles. The Labute approximate surface area is 115 Å². The summed E-state index contributed by atoms with van der Waals surface area (Å²) >= 11 is 1.80. The molecule has 94 valence electrons. The largest absolute Gasteiger partial charge is 0.507 e. The van der Waals surface area contributed by atoms with Gasteiger partial charge in [-0.05, 0) is 3.93 Å². The van der Waals surface area contributed by atoms with Crippen LogP contribution in [0.1, 0.15) is 11.1 Å². The Kier molecular flexibility index (Phi) is 4.74. The second-order valence-electron chi connectivity index (χ2n) is 3.04. The maximum Gasteiger partial charge on any atom is 0.458 e. The third kappa shape index (κ3) is 4.04. The van der Waals surface area contributed by atoms with Crippen LogP contribution in [-0.4, -0.2) is 18.4 Å². The van der Waals surface area contributed by atoms with Gasteiger partial charge in [-0.2, -0.15) is 13.2 Å². The molecule has 0 aliphatic carbocycles. The highest BCUT2D eigenvalue weighted by atomic mass is 127. The number of phenols is 1. The fourth-order valence-corrected chi connectivity index (χ4v) is 1.41. The number of phenolic OH excluding ortho intramolecular Hbond substituents is 1. The van der Waals surface area contributed by atoms with Crippen LogP contribution in [0.15, 0.2) is 12.1 Å². The van der Waals surface area contributed by atoms with Crippen molar-refractivity contribution in [1.82, 2.24) is 0 Å². The van der Waals surface area contributed by atoms with E-state index in [9.17, 15) is 18.3 Å². The van der Waals surface area contributed by atoms with E-state index in [2.05, 4.69) is 9.85 Å². The molecule has 1 N–H and O–H groups in total. The number of alkyl halides is 3. The Morgan fingerprint density at radius 2 is 1.89 bits per heavy atom. The Bertz CT molecular complexity index is 571. The standard InChI is InChI=1S/C12H6F3IO2/c1-18-11-7-8(2-4-12(13,14)15)10(17)6-9(11)3-5-16/h6-7,17H,1H3. The van der Waals surface area contributed by atoms with Gasteiger partial charge in [-0.25, -0.2) is 0 Å². The maximum atomic E-state index is 11.9. The number of ether oxygens (including phenoxy) is 1. The number of rotatable bonds is 1. The van der Waals surface area contributed by atoms with Gasteiger partial charge in [0.2, 0.25) is 0 Å². The predicted molar refractivity (Wildman–Crippen MR) is 68.5 cm³/mol. The molecule has 2 nitrogen and oxygen atoms in total. The van der Waals surface area contributed by atoms with Crippen LogP contribution in [-0.2, 0) is 0 Å². The fraction of sp³-hybridized carbons (Fsp3) is 0.167. The van der Waals surface area contributed by atoms with Crippen molar-refractivity contribution in [3.05, 3.63) is 23.3 Å². The van der Waals surface area contributed by atoms with Crippen LogP contribution in [0.25, 0.3) is 0 Å². The summed E-state index contributed by atoms with van der Waals surface area (Å²) < 4.78 is 43.4. The van der Waals surface area contributed by atoms with E-state index in [1.165, 1.54) is 19.2 Å². The molecule has 0 heterocycles. The lowest BCUT2D eigenvalue weighted by molar-refractivity contribution is -0.0696. The lowest BCUT2D eigenvalue weighted by Crippen LogP contribution is -2.01. The van der Waals surface area contributed by atoms with E-state index in [4.69, 9.17) is 4.74 Å². The summed E-state index contributed by atoms with van der Waals surface area (Å²) in [7, 11) is 1.35. The quantitative estimate of drug-likeness (QED) is 0.612. The summed E-state index contributed by atoms with van der Waals surface area (Å²) in [5.74, 6) is 5.45. The van der Waals surface area contributed by atoms with Crippen molar-refractivity contribution in [2.45, 2.75) is 6.18 Å². The number of benzene rings is 1. The zero-order valence-corrected chi connectivity index (χ0v) is 11.2. The van der Waals surface area contributed by atoms with Gasteiger partial charge < -0.3 is 9.84 Å². The second kappa shape index (κ2) is 5.87.